The first kappa shape index (κ1) is 20.8. The van der Waals surface area contributed by atoms with Crippen LogP contribution in [0.4, 0.5) is 4.79 Å². The molecule has 0 spiro atoms. The van der Waals surface area contributed by atoms with Crippen LogP contribution in [0, 0.1) is 0 Å². The van der Waals surface area contributed by atoms with Gasteiger partial charge in [0, 0.05) is 17.6 Å². The van der Waals surface area contributed by atoms with E-state index in [4.69, 9.17) is 11.6 Å². The van der Waals surface area contributed by atoms with Crippen LogP contribution in [0.25, 0.3) is 5.65 Å². The zero-order chi connectivity index (χ0) is 22.0. The van der Waals surface area contributed by atoms with Crippen molar-refractivity contribution in [3.8, 4) is 0 Å². The molecule has 160 valence electrons. The Balaban J connectivity index is 1.32. The molecule has 0 saturated carbocycles. The number of hydrogen-bond donors (Lipinski definition) is 2. The molecule has 3 heterocycles. The van der Waals surface area contributed by atoms with Gasteiger partial charge in [-0.3, -0.25) is 18.9 Å². The number of nitrogens with one attached hydrogen (secondary N) is 2. The lowest BCUT2D eigenvalue weighted by molar-refractivity contribution is -0.128. The van der Waals surface area contributed by atoms with Gasteiger partial charge in [0.1, 0.15) is 6.04 Å². The van der Waals surface area contributed by atoms with E-state index in [1.54, 1.807) is 28.7 Å². The third kappa shape index (κ3) is 4.51. The molecule has 1 aliphatic rings. The van der Waals surface area contributed by atoms with Crippen molar-refractivity contribution in [1.29, 1.82) is 0 Å². The predicted octanol–water partition coefficient (Wildman–Crippen LogP) is 2.46. The SMILES string of the molecule is C[C@@H](NC(=O)CC[C@H]1NC(=O)N(Cc2cccc(Cl)c2)C1=O)c1nnc2ccccn12. The van der Waals surface area contributed by atoms with E-state index in [-0.39, 0.29) is 37.2 Å². The molecule has 2 atom stereocenters. The molecule has 31 heavy (non-hydrogen) atoms. The third-order valence-corrected chi connectivity index (χ3v) is 5.34. The van der Waals surface area contributed by atoms with Gasteiger partial charge in [0.25, 0.3) is 5.91 Å². The highest BCUT2D eigenvalue weighted by Gasteiger charge is 2.37. The summed E-state index contributed by atoms with van der Waals surface area (Å²) < 4.78 is 1.80. The second-order valence-corrected chi connectivity index (χ2v) is 7.81. The van der Waals surface area contributed by atoms with Crippen molar-refractivity contribution in [2.45, 2.75) is 38.4 Å². The minimum absolute atomic E-state index is 0.0861. The van der Waals surface area contributed by atoms with Gasteiger partial charge in [-0.2, -0.15) is 0 Å². The highest BCUT2D eigenvalue weighted by molar-refractivity contribution is 6.30. The fourth-order valence-electron chi connectivity index (χ4n) is 3.55. The van der Waals surface area contributed by atoms with Gasteiger partial charge in [0.05, 0.1) is 12.6 Å². The minimum Gasteiger partial charge on any atom is -0.346 e. The lowest BCUT2D eigenvalue weighted by atomic mass is 10.1. The van der Waals surface area contributed by atoms with E-state index in [1.165, 1.54) is 0 Å². The molecule has 10 heteroatoms. The molecule has 0 bridgehead atoms. The topological polar surface area (TPSA) is 109 Å². The number of imide groups is 1. The van der Waals surface area contributed by atoms with Crippen LogP contribution < -0.4 is 10.6 Å². The fourth-order valence-corrected chi connectivity index (χ4v) is 3.76. The van der Waals surface area contributed by atoms with Crippen molar-refractivity contribution in [2.75, 3.05) is 0 Å². The Labute approximate surface area is 183 Å². The summed E-state index contributed by atoms with van der Waals surface area (Å²) in [5.74, 6) is 0.0201. The number of pyridine rings is 1. The highest BCUT2D eigenvalue weighted by atomic mass is 35.5. The Kier molecular flexibility index (Phi) is 5.85. The standard InChI is InChI=1S/C21H21ClN6O3/c1-13(19-26-25-17-7-2-3-10-27(17)19)23-18(29)9-8-16-20(30)28(21(31)24-16)12-14-5-4-6-15(22)11-14/h2-7,10-11,13,16H,8-9,12H2,1H3,(H,23,29)(H,24,31)/t13-,16-/m1/s1. The van der Waals surface area contributed by atoms with Crippen LogP contribution in [0.15, 0.2) is 48.7 Å². The smallest absolute Gasteiger partial charge is 0.325 e. The molecule has 4 amide bonds. The van der Waals surface area contributed by atoms with E-state index in [2.05, 4.69) is 20.8 Å². The van der Waals surface area contributed by atoms with Gasteiger partial charge < -0.3 is 10.6 Å². The largest absolute Gasteiger partial charge is 0.346 e. The van der Waals surface area contributed by atoms with Gasteiger partial charge >= 0.3 is 6.03 Å². The Morgan fingerprint density at radius 2 is 2.06 bits per heavy atom. The van der Waals surface area contributed by atoms with E-state index < -0.39 is 12.1 Å². The van der Waals surface area contributed by atoms with Crippen molar-refractivity contribution in [2.24, 2.45) is 0 Å². The molecule has 2 N–H and O–H groups in total. The van der Waals surface area contributed by atoms with E-state index >= 15 is 0 Å². The van der Waals surface area contributed by atoms with E-state index in [9.17, 15) is 14.4 Å². The van der Waals surface area contributed by atoms with Crippen LogP contribution in [0.1, 0.15) is 37.2 Å². The Morgan fingerprint density at radius 3 is 2.87 bits per heavy atom. The van der Waals surface area contributed by atoms with Gasteiger partial charge in [-0.25, -0.2) is 4.79 Å². The molecule has 9 nitrogen and oxygen atoms in total. The molecule has 1 aliphatic heterocycles. The molecule has 1 saturated heterocycles. The second kappa shape index (κ2) is 8.73. The van der Waals surface area contributed by atoms with Gasteiger partial charge in [0.2, 0.25) is 5.91 Å². The van der Waals surface area contributed by atoms with Crippen LogP contribution in [-0.4, -0.2) is 43.4 Å². The number of fused-ring (bicyclic) bond motifs is 1. The van der Waals surface area contributed by atoms with Gasteiger partial charge in [-0.1, -0.05) is 29.8 Å². The van der Waals surface area contributed by atoms with E-state index in [1.807, 2.05) is 31.3 Å². The van der Waals surface area contributed by atoms with Crippen LogP contribution in [0.2, 0.25) is 5.02 Å². The van der Waals surface area contributed by atoms with Crippen LogP contribution >= 0.6 is 11.6 Å². The average molecular weight is 441 g/mol. The quantitative estimate of drug-likeness (QED) is 0.548. The summed E-state index contributed by atoms with van der Waals surface area (Å²) in [7, 11) is 0. The lowest BCUT2D eigenvalue weighted by Crippen LogP contribution is -2.33. The predicted molar refractivity (Wildman–Crippen MR) is 113 cm³/mol. The number of benzene rings is 1. The van der Waals surface area contributed by atoms with Gasteiger partial charge in [0.15, 0.2) is 11.5 Å². The monoisotopic (exact) mass is 440 g/mol. The molecule has 0 radical (unpaired) electrons. The van der Waals surface area contributed by atoms with Crippen molar-refractivity contribution < 1.29 is 14.4 Å². The number of halogens is 1. The number of amides is 4. The molecule has 1 fully saturated rings. The Hall–Kier alpha value is -3.46. The second-order valence-electron chi connectivity index (χ2n) is 7.37. The molecule has 4 rings (SSSR count). The first-order chi connectivity index (χ1) is 14.9. The summed E-state index contributed by atoms with van der Waals surface area (Å²) in [6.07, 6.45) is 2.12. The number of rotatable bonds is 7. The summed E-state index contributed by atoms with van der Waals surface area (Å²) >= 11 is 5.97. The number of aromatic nitrogens is 3. The minimum atomic E-state index is -0.735. The number of carbonyl (C=O) groups excluding carboxylic acids is 3. The molecule has 2 aromatic heterocycles. The lowest BCUT2D eigenvalue weighted by Gasteiger charge is -2.14. The van der Waals surface area contributed by atoms with Crippen LogP contribution in [0.5, 0.6) is 0 Å². The van der Waals surface area contributed by atoms with E-state index in [0.717, 1.165) is 10.5 Å². The first-order valence-corrected chi connectivity index (χ1v) is 10.3. The average Bonchev–Trinajstić information content (AvgIpc) is 3.29. The normalized spacial score (nSPS) is 17.1. The summed E-state index contributed by atoms with van der Waals surface area (Å²) in [5.41, 5.74) is 1.45. The van der Waals surface area contributed by atoms with E-state index in [0.29, 0.717) is 16.5 Å². The number of urea groups is 1. The summed E-state index contributed by atoms with van der Waals surface area (Å²) in [6.45, 7) is 1.95. The van der Waals surface area contributed by atoms with Crippen LogP contribution in [-0.2, 0) is 16.1 Å². The molecule has 3 aromatic rings. The summed E-state index contributed by atoms with van der Waals surface area (Å²) in [4.78, 5) is 38.4. The third-order valence-electron chi connectivity index (χ3n) is 5.10. The number of carbonyl (C=O) groups is 3. The highest BCUT2D eigenvalue weighted by Crippen LogP contribution is 2.18. The fraction of sp³-hybridized carbons (Fsp3) is 0.286. The number of nitrogens with zero attached hydrogens (tertiary/aromatic N) is 4. The molecule has 1 aromatic carbocycles. The summed E-state index contributed by atoms with van der Waals surface area (Å²) in [6, 6.07) is 11.0. The maximum Gasteiger partial charge on any atom is 0.325 e. The molecule has 0 unspecified atom stereocenters. The Morgan fingerprint density at radius 1 is 1.23 bits per heavy atom. The summed E-state index contributed by atoms with van der Waals surface area (Å²) in [5, 5.41) is 14.3. The molecule has 0 aliphatic carbocycles. The van der Waals surface area contributed by atoms with Crippen LogP contribution in [0.3, 0.4) is 0 Å². The van der Waals surface area contributed by atoms with Crippen molar-refractivity contribution >= 4 is 35.1 Å². The molecular weight excluding hydrogens is 420 g/mol. The van der Waals surface area contributed by atoms with Gasteiger partial charge in [-0.05, 0) is 43.2 Å². The maximum atomic E-state index is 12.6. The Bertz CT molecular complexity index is 1150. The first-order valence-electron chi connectivity index (χ1n) is 9.87. The van der Waals surface area contributed by atoms with Gasteiger partial charge in [-0.15, -0.1) is 10.2 Å². The molecular formula is C21H21ClN6O3. The number of hydrogen-bond acceptors (Lipinski definition) is 5. The maximum absolute atomic E-state index is 12.6. The van der Waals surface area contributed by atoms with Crippen molar-refractivity contribution in [1.82, 2.24) is 30.1 Å². The van der Waals surface area contributed by atoms with Crippen molar-refractivity contribution in [3.05, 3.63) is 65.1 Å². The zero-order valence-electron chi connectivity index (χ0n) is 16.8. The van der Waals surface area contributed by atoms with Crippen molar-refractivity contribution in [3.63, 3.8) is 0 Å². The zero-order valence-corrected chi connectivity index (χ0v) is 17.5.